The van der Waals surface area contributed by atoms with Gasteiger partial charge in [0.15, 0.2) is 0 Å². The molecule has 0 radical (unpaired) electrons. The fourth-order valence-corrected chi connectivity index (χ4v) is 0.584. The number of rotatable bonds is 1. The van der Waals surface area contributed by atoms with E-state index in [0.717, 1.165) is 6.42 Å². The van der Waals surface area contributed by atoms with Gasteiger partial charge < -0.3 is 0 Å². The van der Waals surface area contributed by atoms with E-state index < -0.39 is 0 Å². The van der Waals surface area contributed by atoms with Crippen molar-refractivity contribution < 1.29 is 0 Å². The van der Waals surface area contributed by atoms with Gasteiger partial charge in [-0.2, -0.15) is 5.26 Å². The summed E-state index contributed by atoms with van der Waals surface area (Å²) in [4.78, 5) is 0. The van der Waals surface area contributed by atoms with Crippen molar-refractivity contribution in [1.29, 1.82) is 5.26 Å². The number of nitrogens with zero attached hydrogens (tertiary/aromatic N) is 1. The first-order valence-electron chi connectivity index (χ1n) is 2.39. The summed E-state index contributed by atoms with van der Waals surface area (Å²) in [5.41, 5.74) is 1.25. The van der Waals surface area contributed by atoms with Gasteiger partial charge in [0.2, 0.25) is 0 Å². The van der Waals surface area contributed by atoms with Crippen LogP contribution in [-0.4, -0.2) is 0 Å². The lowest BCUT2D eigenvalue weighted by atomic mass is 10.3. The monoisotopic (exact) mass is 93.1 g/mol. The summed E-state index contributed by atoms with van der Waals surface area (Å²) in [6, 6.07) is 2.10. The van der Waals surface area contributed by atoms with Gasteiger partial charge in [0, 0.05) is 6.42 Å². The van der Waals surface area contributed by atoms with Gasteiger partial charge in [-0.25, -0.2) is 0 Å². The van der Waals surface area contributed by atoms with Gasteiger partial charge in [0.1, 0.15) is 0 Å². The molecule has 0 aromatic heterocycles. The number of nitriles is 1. The molecule has 0 unspecified atom stereocenters. The summed E-state index contributed by atoms with van der Waals surface area (Å²) in [5, 5.41) is 8.10. The predicted octanol–water partition coefficient (Wildman–Crippen LogP) is 1.48. The molecule has 0 aromatic carbocycles. The molecule has 0 aliphatic heterocycles. The third-order valence-electron chi connectivity index (χ3n) is 1.26. The Hall–Kier alpha value is -0.770. The first-order valence-corrected chi connectivity index (χ1v) is 2.39. The average molecular weight is 93.1 g/mol. The molecular weight excluding hydrogens is 86.1 g/mol. The van der Waals surface area contributed by atoms with E-state index in [2.05, 4.69) is 12.6 Å². The molecule has 0 heterocycles. The van der Waals surface area contributed by atoms with E-state index in [1.54, 1.807) is 0 Å². The standard InChI is InChI=1S/C6H7N/c1-5-4-6(5)2-3-7/h6H,1-2,4H2/t6-/m0/s1. The summed E-state index contributed by atoms with van der Waals surface area (Å²) >= 11 is 0. The van der Waals surface area contributed by atoms with Gasteiger partial charge in [-0.05, 0) is 12.3 Å². The highest BCUT2D eigenvalue weighted by Crippen LogP contribution is 2.37. The Morgan fingerprint density at radius 1 is 2.00 bits per heavy atom. The van der Waals surface area contributed by atoms with Crippen molar-refractivity contribution >= 4 is 0 Å². The zero-order chi connectivity index (χ0) is 5.28. The Kier molecular flexibility index (Phi) is 0.867. The lowest BCUT2D eigenvalue weighted by Crippen LogP contribution is -1.65. The second-order valence-corrected chi connectivity index (χ2v) is 1.92. The molecule has 1 atom stereocenters. The van der Waals surface area contributed by atoms with Crippen LogP contribution in [0, 0.1) is 17.2 Å². The number of allylic oxidation sites excluding steroid dienone is 1. The van der Waals surface area contributed by atoms with Gasteiger partial charge in [-0.15, -0.1) is 0 Å². The summed E-state index contributed by atoms with van der Waals surface area (Å²) < 4.78 is 0. The summed E-state index contributed by atoms with van der Waals surface area (Å²) in [6.07, 6.45) is 1.77. The molecule has 36 valence electrons. The molecule has 1 rings (SSSR count). The lowest BCUT2D eigenvalue weighted by molar-refractivity contribution is 0.905. The van der Waals surface area contributed by atoms with E-state index in [4.69, 9.17) is 5.26 Å². The van der Waals surface area contributed by atoms with E-state index in [0.29, 0.717) is 12.3 Å². The third-order valence-corrected chi connectivity index (χ3v) is 1.26. The molecule has 1 saturated carbocycles. The van der Waals surface area contributed by atoms with E-state index in [1.165, 1.54) is 5.57 Å². The highest BCUT2D eigenvalue weighted by atomic mass is 14.3. The van der Waals surface area contributed by atoms with Gasteiger partial charge in [0.05, 0.1) is 6.07 Å². The van der Waals surface area contributed by atoms with Crippen molar-refractivity contribution in [2.24, 2.45) is 5.92 Å². The topological polar surface area (TPSA) is 23.8 Å². The van der Waals surface area contributed by atoms with E-state index in [9.17, 15) is 0 Å². The van der Waals surface area contributed by atoms with Crippen molar-refractivity contribution in [3.8, 4) is 6.07 Å². The lowest BCUT2D eigenvalue weighted by Gasteiger charge is -1.72. The molecule has 1 fully saturated rings. The van der Waals surface area contributed by atoms with Crippen molar-refractivity contribution in [2.45, 2.75) is 12.8 Å². The van der Waals surface area contributed by atoms with Crippen LogP contribution in [0.25, 0.3) is 0 Å². The van der Waals surface area contributed by atoms with Crippen molar-refractivity contribution in [2.75, 3.05) is 0 Å². The quantitative estimate of drug-likeness (QED) is 0.450. The Morgan fingerprint density at radius 3 is 2.71 bits per heavy atom. The van der Waals surface area contributed by atoms with Crippen LogP contribution in [0.2, 0.25) is 0 Å². The van der Waals surface area contributed by atoms with Crippen LogP contribution in [0.5, 0.6) is 0 Å². The molecule has 0 aromatic rings. The van der Waals surface area contributed by atoms with Gasteiger partial charge >= 0.3 is 0 Å². The zero-order valence-corrected chi connectivity index (χ0v) is 4.15. The maximum Gasteiger partial charge on any atom is 0.0628 e. The number of hydrogen-bond acceptors (Lipinski definition) is 1. The second-order valence-electron chi connectivity index (χ2n) is 1.92. The fourth-order valence-electron chi connectivity index (χ4n) is 0.584. The molecule has 1 aliphatic rings. The Morgan fingerprint density at radius 2 is 2.57 bits per heavy atom. The van der Waals surface area contributed by atoms with Crippen molar-refractivity contribution in [3.05, 3.63) is 12.2 Å². The highest BCUT2D eigenvalue weighted by molar-refractivity contribution is 5.20. The SMILES string of the molecule is C=C1C[C@@H]1CC#N. The minimum Gasteiger partial charge on any atom is -0.198 e. The largest absolute Gasteiger partial charge is 0.198 e. The van der Waals surface area contributed by atoms with Crippen LogP contribution < -0.4 is 0 Å². The first kappa shape index (κ1) is 4.39. The normalized spacial score (nSPS) is 26.7. The maximum atomic E-state index is 8.10. The minimum absolute atomic E-state index is 0.560. The molecule has 1 aliphatic carbocycles. The zero-order valence-electron chi connectivity index (χ0n) is 4.15. The Bertz CT molecular complexity index is 130. The minimum atomic E-state index is 0.560. The smallest absolute Gasteiger partial charge is 0.0628 e. The fraction of sp³-hybridized carbons (Fsp3) is 0.500. The summed E-state index contributed by atoms with van der Waals surface area (Å²) in [7, 11) is 0. The molecule has 1 heteroatoms. The van der Waals surface area contributed by atoms with Crippen molar-refractivity contribution in [1.82, 2.24) is 0 Å². The van der Waals surface area contributed by atoms with Gasteiger partial charge in [0.25, 0.3) is 0 Å². The average Bonchev–Trinajstić information content (AvgIpc) is 2.22. The predicted molar refractivity (Wildman–Crippen MR) is 27.5 cm³/mol. The van der Waals surface area contributed by atoms with Crippen LogP contribution in [0.1, 0.15) is 12.8 Å². The highest BCUT2D eigenvalue weighted by Gasteiger charge is 2.25. The Labute approximate surface area is 43.3 Å². The molecular formula is C6H7N. The molecule has 7 heavy (non-hydrogen) atoms. The second kappa shape index (κ2) is 1.38. The molecule has 0 saturated heterocycles. The molecule has 0 amide bonds. The Balaban J connectivity index is 2.24. The maximum absolute atomic E-state index is 8.10. The third kappa shape index (κ3) is 0.806. The summed E-state index contributed by atoms with van der Waals surface area (Å²) in [6.45, 7) is 3.72. The number of hydrogen-bond donors (Lipinski definition) is 0. The molecule has 0 N–H and O–H groups in total. The van der Waals surface area contributed by atoms with Crippen LogP contribution in [0.15, 0.2) is 12.2 Å². The first-order chi connectivity index (χ1) is 3.34. The van der Waals surface area contributed by atoms with Crippen LogP contribution >= 0.6 is 0 Å². The van der Waals surface area contributed by atoms with Crippen LogP contribution in [0.3, 0.4) is 0 Å². The van der Waals surface area contributed by atoms with Crippen LogP contribution in [-0.2, 0) is 0 Å². The van der Waals surface area contributed by atoms with Crippen LogP contribution in [0.4, 0.5) is 0 Å². The van der Waals surface area contributed by atoms with Crippen molar-refractivity contribution in [3.63, 3.8) is 0 Å². The molecule has 0 spiro atoms. The molecule has 1 nitrogen and oxygen atoms in total. The van der Waals surface area contributed by atoms with E-state index in [-0.39, 0.29) is 0 Å². The van der Waals surface area contributed by atoms with Gasteiger partial charge in [-0.1, -0.05) is 12.2 Å². The van der Waals surface area contributed by atoms with Gasteiger partial charge in [-0.3, -0.25) is 0 Å². The summed E-state index contributed by atoms with van der Waals surface area (Å²) in [5.74, 6) is 0.560. The molecule has 0 bridgehead atoms. The van der Waals surface area contributed by atoms with E-state index >= 15 is 0 Å². The van der Waals surface area contributed by atoms with E-state index in [1.807, 2.05) is 0 Å².